The van der Waals surface area contributed by atoms with Crippen LogP contribution in [0.5, 0.6) is 0 Å². The number of aromatic nitrogens is 2. The Labute approximate surface area is 112 Å². The molecule has 19 heavy (non-hydrogen) atoms. The Bertz CT molecular complexity index is 467. The third-order valence-corrected chi connectivity index (χ3v) is 2.56. The highest BCUT2D eigenvalue weighted by Crippen LogP contribution is 2.09. The number of hydrogen-bond donors (Lipinski definition) is 2. The Hall–Kier alpha value is -2.05. The van der Waals surface area contributed by atoms with E-state index in [9.17, 15) is 9.59 Å². The monoisotopic (exact) mass is 268 g/mol. The van der Waals surface area contributed by atoms with Crippen LogP contribution in [0, 0.1) is 0 Å². The number of amides is 2. The Morgan fingerprint density at radius 3 is 2.63 bits per heavy atom. The molecule has 2 N–H and O–H groups in total. The van der Waals surface area contributed by atoms with E-state index in [1.165, 1.54) is 4.90 Å². The van der Waals surface area contributed by atoms with Crippen LogP contribution in [0.3, 0.4) is 0 Å². The molecule has 0 fully saturated rings. The first-order valence-electron chi connectivity index (χ1n) is 5.92. The van der Waals surface area contributed by atoms with Crippen LogP contribution in [0.2, 0.25) is 0 Å². The number of carbonyl (C=O) groups excluding carboxylic acids is 1. The normalized spacial score (nSPS) is 11.2. The highest BCUT2D eigenvalue weighted by molar-refractivity contribution is 5.76. The van der Waals surface area contributed by atoms with Crippen molar-refractivity contribution in [2.45, 2.75) is 32.4 Å². The Balaban J connectivity index is 2.55. The van der Waals surface area contributed by atoms with Crippen LogP contribution in [0.1, 0.15) is 25.8 Å². The first-order valence-corrected chi connectivity index (χ1v) is 5.92. The van der Waals surface area contributed by atoms with E-state index in [0.29, 0.717) is 6.54 Å². The molecule has 0 atom stereocenters. The summed E-state index contributed by atoms with van der Waals surface area (Å²) >= 11 is 0. The predicted octanol–water partition coefficient (Wildman–Crippen LogP) is 0.815. The molecular weight excluding hydrogens is 248 g/mol. The van der Waals surface area contributed by atoms with Gasteiger partial charge in [0.15, 0.2) is 0 Å². The summed E-state index contributed by atoms with van der Waals surface area (Å²) in [6, 6.07) is -0.310. The van der Waals surface area contributed by atoms with Crippen molar-refractivity contribution in [3.05, 3.63) is 18.0 Å². The number of aliphatic carboxylic acids is 1. The average molecular weight is 268 g/mol. The molecule has 1 heterocycles. The van der Waals surface area contributed by atoms with Gasteiger partial charge in [-0.2, -0.15) is 5.10 Å². The van der Waals surface area contributed by atoms with Gasteiger partial charge < -0.3 is 15.3 Å². The van der Waals surface area contributed by atoms with E-state index in [1.807, 2.05) is 6.20 Å². The number of nitrogens with zero attached hydrogens (tertiary/aromatic N) is 3. The molecule has 1 rings (SSSR count). The van der Waals surface area contributed by atoms with Gasteiger partial charge in [-0.25, -0.2) is 4.79 Å². The topological polar surface area (TPSA) is 87.5 Å². The SMILES string of the molecule is CN(Cc1cnn(C)c1)C(=O)NC(C)(C)CC(=O)O. The minimum atomic E-state index is -0.944. The summed E-state index contributed by atoms with van der Waals surface area (Å²) in [5, 5.41) is 15.5. The van der Waals surface area contributed by atoms with Crippen LogP contribution in [0.15, 0.2) is 12.4 Å². The number of carboxylic acid groups (broad SMARTS) is 1. The summed E-state index contributed by atoms with van der Waals surface area (Å²) in [6.45, 7) is 3.77. The van der Waals surface area contributed by atoms with E-state index in [2.05, 4.69) is 10.4 Å². The third-order valence-electron chi connectivity index (χ3n) is 2.56. The van der Waals surface area contributed by atoms with Crippen LogP contribution >= 0.6 is 0 Å². The summed E-state index contributed by atoms with van der Waals surface area (Å²) in [6.07, 6.45) is 3.39. The Morgan fingerprint density at radius 2 is 2.16 bits per heavy atom. The number of rotatable bonds is 5. The lowest BCUT2D eigenvalue weighted by atomic mass is 10.0. The van der Waals surface area contributed by atoms with Gasteiger partial charge in [0.1, 0.15) is 0 Å². The Kier molecular flexibility index (Phi) is 4.52. The van der Waals surface area contributed by atoms with Gasteiger partial charge in [0, 0.05) is 31.4 Å². The number of carboxylic acids is 1. The summed E-state index contributed by atoms with van der Waals surface area (Å²) < 4.78 is 1.66. The molecule has 0 aliphatic heterocycles. The van der Waals surface area contributed by atoms with E-state index in [0.717, 1.165) is 5.56 Å². The number of aryl methyl sites for hydroxylation is 1. The smallest absolute Gasteiger partial charge is 0.317 e. The molecule has 7 heteroatoms. The van der Waals surface area contributed by atoms with Crippen molar-refractivity contribution in [3.8, 4) is 0 Å². The van der Waals surface area contributed by atoms with Crippen LogP contribution < -0.4 is 5.32 Å². The van der Waals surface area contributed by atoms with Crippen molar-refractivity contribution in [1.82, 2.24) is 20.0 Å². The summed E-state index contributed by atoms with van der Waals surface area (Å²) in [5.41, 5.74) is 0.128. The molecule has 0 spiro atoms. The fraction of sp³-hybridized carbons (Fsp3) is 0.583. The van der Waals surface area contributed by atoms with Crippen LogP contribution in [-0.2, 0) is 18.4 Å². The maximum absolute atomic E-state index is 11.9. The van der Waals surface area contributed by atoms with Gasteiger partial charge >= 0.3 is 12.0 Å². The van der Waals surface area contributed by atoms with Crippen LogP contribution in [0.25, 0.3) is 0 Å². The van der Waals surface area contributed by atoms with Gasteiger partial charge in [0.25, 0.3) is 0 Å². The fourth-order valence-corrected chi connectivity index (χ4v) is 1.71. The lowest BCUT2D eigenvalue weighted by molar-refractivity contribution is -0.138. The van der Waals surface area contributed by atoms with Crippen molar-refractivity contribution in [2.75, 3.05) is 7.05 Å². The largest absolute Gasteiger partial charge is 0.481 e. The molecule has 0 unspecified atom stereocenters. The second-order valence-corrected chi connectivity index (χ2v) is 5.26. The molecular formula is C12H20N4O3. The standard InChI is InChI=1S/C12H20N4O3/c1-12(2,5-10(17)18)14-11(19)15(3)7-9-6-13-16(4)8-9/h6,8H,5,7H2,1-4H3,(H,14,19)(H,17,18). The molecule has 7 nitrogen and oxygen atoms in total. The van der Waals surface area contributed by atoms with Crippen LogP contribution in [-0.4, -0.2) is 44.4 Å². The van der Waals surface area contributed by atoms with E-state index < -0.39 is 11.5 Å². The van der Waals surface area contributed by atoms with Crippen molar-refractivity contribution < 1.29 is 14.7 Å². The summed E-state index contributed by atoms with van der Waals surface area (Å²) in [7, 11) is 3.46. The first kappa shape index (κ1) is 15.0. The quantitative estimate of drug-likeness (QED) is 0.827. The number of urea groups is 1. The molecule has 0 aromatic carbocycles. The Morgan fingerprint density at radius 1 is 1.53 bits per heavy atom. The molecule has 2 amide bonds. The highest BCUT2D eigenvalue weighted by Gasteiger charge is 2.25. The van der Waals surface area contributed by atoms with Crippen molar-refractivity contribution in [2.24, 2.45) is 7.05 Å². The number of nitrogens with one attached hydrogen (secondary N) is 1. The van der Waals surface area contributed by atoms with Gasteiger partial charge in [-0.15, -0.1) is 0 Å². The van der Waals surface area contributed by atoms with Gasteiger partial charge in [0.2, 0.25) is 0 Å². The first-order chi connectivity index (χ1) is 8.69. The second kappa shape index (κ2) is 5.73. The van der Waals surface area contributed by atoms with Crippen molar-refractivity contribution in [3.63, 3.8) is 0 Å². The van der Waals surface area contributed by atoms with Gasteiger partial charge in [-0.3, -0.25) is 9.48 Å². The van der Waals surface area contributed by atoms with Crippen molar-refractivity contribution >= 4 is 12.0 Å². The van der Waals surface area contributed by atoms with E-state index in [1.54, 1.807) is 38.8 Å². The zero-order chi connectivity index (χ0) is 14.6. The molecule has 0 aliphatic carbocycles. The molecule has 0 bridgehead atoms. The van der Waals surface area contributed by atoms with E-state index in [-0.39, 0.29) is 12.5 Å². The maximum atomic E-state index is 11.9. The zero-order valence-corrected chi connectivity index (χ0v) is 11.7. The fourth-order valence-electron chi connectivity index (χ4n) is 1.71. The lowest BCUT2D eigenvalue weighted by Gasteiger charge is -2.27. The lowest BCUT2D eigenvalue weighted by Crippen LogP contribution is -2.49. The van der Waals surface area contributed by atoms with Gasteiger partial charge in [-0.05, 0) is 13.8 Å². The molecule has 0 saturated carbocycles. The number of carbonyl (C=O) groups is 2. The highest BCUT2D eigenvalue weighted by atomic mass is 16.4. The number of hydrogen-bond acceptors (Lipinski definition) is 3. The molecule has 1 aromatic rings. The molecule has 0 aliphatic rings. The van der Waals surface area contributed by atoms with Crippen molar-refractivity contribution in [1.29, 1.82) is 0 Å². The second-order valence-electron chi connectivity index (χ2n) is 5.26. The molecule has 106 valence electrons. The van der Waals surface area contributed by atoms with Gasteiger partial charge in [-0.1, -0.05) is 0 Å². The predicted molar refractivity (Wildman–Crippen MR) is 69.5 cm³/mol. The minimum absolute atomic E-state index is 0.126. The van der Waals surface area contributed by atoms with Crippen LogP contribution in [0.4, 0.5) is 4.79 Å². The average Bonchev–Trinajstić information content (AvgIpc) is 2.60. The molecule has 0 radical (unpaired) electrons. The molecule has 0 saturated heterocycles. The third kappa shape index (κ3) is 4.99. The van der Waals surface area contributed by atoms with Gasteiger partial charge in [0.05, 0.1) is 19.2 Å². The molecule has 1 aromatic heterocycles. The minimum Gasteiger partial charge on any atom is -0.481 e. The summed E-state index contributed by atoms with van der Waals surface area (Å²) in [5.74, 6) is -0.944. The maximum Gasteiger partial charge on any atom is 0.317 e. The zero-order valence-electron chi connectivity index (χ0n) is 11.7. The van der Waals surface area contributed by atoms with E-state index in [4.69, 9.17) is 5.11 Å². The summed E-state index contributed by atoms with van der Waals surface area (Å²) in [4.78, 5) is 24.1. The van der Waals surface area contributed by atoms with E-state index >= 15 is 0 Å².